The number of aryl methyl sites for hydroxylation is 1. The van der Waals surface area contributed by atoms with Crippen LogP contribution in [0.25, 0.3) is 11.0 Å². The predicted molar refractivity (Wildman–Crippen MR) is 97.7 cm³/mol. The van der Waals surface area contributed by atoms with Gasteiger partial charge in [-0.15, -0.1) is 0 Å². The summed E-state index contributed by atoms with van der Waals surface area (Å²) in [5.41, 5.74) is 2.74. The van der Waals surface area contributed by atoms with E-state index in [1.807, 2.05) is 36.5 Å². The second kappa shape index (κ2) is 6.55. The van der Waals surface area contributed by atoms with Gasteiger partial charge in [0.2, 0.25) is 0 Å². The van der Waals surface area contributed by atoms with Gasteiger partial charge >= 0.3 is 0 Å². The number of fused-ring (bicyclic) bond motifs is 1. The molecule has 1 aliphatic rings. The lowest BCUT2D eigenvalue weighted by Gasteiger charge is -2.18. The van der Waals surface area contributed by atoms with E-state index in [0.717, 1.165) is 41.9 Å². The first-order valence-electron chi connectivity index (χ1n) is 8.59. The van der Waals surface area contributed by atoms with Crippen LogP contribution in [0.2, 0.25) is 0 Å². The van der Waals surface area contributed by atoms with Crippen LogP contribution >= 0.6 is 0 Å². The highest BCUT2D eigenvalue weighted by molar-refractivity contribution is 5.94. The Kier molecular flexibility index (Phi) is 4.09. The Balaban J connectivity index is 1.41. The summed E-state index contributed by atoms with van der Waals surface area (Å²) in [6.45, 7) is 4.60. The molecule has 1 saturated heterocycles. The van der Waals surface area contributed by atoms with E-state index in [1.54, 1.807) is 6.33 Å². The highest BCUT2D eigenvalue weighted by Crippen LogP contribution is 2.29. The highest BCUT2D eigenvalue weighted by atomic mass is 16.1. The molecule has 3 heterocycles. The predicted octanol–water partition coefficient (Wildman–Crippen LogP) is 2.52. The Hall–Kier alpha value is -2.89. The first kappa shape index (κ1) is 15.6. The van der Waals surface area contributed by atoms with Crippen LogP contribution in [0.4, 0.5) is 5.82 Å². The molecule has 1 atom stereocenters. The number of nitrogens with zero attached hydrogens (tertiary/aromatic N) is 3. The van der Waals surface area contributed by atoms with Gasteiger partial charge in [-0.25, -0.2) is 9.97 Å². The van der Waals surface area contributed by atoms with E-state index in [4.69, 9.17) is 0 Å². The maximum Gasteiger partial charge on any atom is 0.251 e. The average molecular weight is 335 g/mol. The van der Waals surface area contributed by atoms with Crippen molar-refractivity contribution in [3.8, 4) is 0 Å². The van der Waals surface area contributed by atoms with Crippen molar-refractivity contribution in [2.45, 2.75) is 13.3 Å². The summed E-state index contributed by atoms with van der Waals surface area (Å²) in [5, 5.41) is 4.15. The summed E-state index contributed by atoms with van der Waals surface area (Å²) < 4.78 is 0. The fourth-order valence-corrected chi connectivity index (χ4v) is 3.46. The van der Waals surface area contributed by atoms with E-state index in [-0.39, 0.29) is 5.91 Å². The van der Waals surface area contributed by atoms with Crippen molar-refractivity contribution >= 4 is 22.8 Å². The molecular formula is C19H21N5O. The highest BCUT2D eigenvalue weighted by Gasteiger charge is 2.26. The van der Waals surface area contributed by atoms with Gasteiger partial charge in [0.1, 0.15) is 17.8 Å². The number of aromatic nitrogens is 3. The van der Waals surface area contributed by atoms with Crippen LogP contribution in [0, 0.1) is 12.8 Å². The molecule has 3 aromatic rings. The maximum absolute atomic E-state index is 12.2. The van der Waals surface area contributed by atoms with Crippen molar-refractivity contribution in [3.05, 3.63) is 54.0 Å². The molecule has 6 nitrogen and oxygen atoms in total. The Labute approximate surface area is 146 Å². The minimum atomic E-state index is -0.00930. The summed E-state index contributed by atoms with van der Waals surface area (Å²) >= 11 is 0. The molecule has 1 fully saturated rings. The van der Waals surface area contributed by atoms with Gasteiger partial charge in [0, 0.05) is 31.4 Å². The molecule has 0 bridgehead atoms. The number of benzene rings is 1. The van der Waals surface area contributed by atoms with Crippen LogP contribution in [0.5, 0.6) is 0 Å². The lowest BCUT2D eigenvalue weighted by Crippen LogP contribution is -2.31. The Morgan fingerprint density at radius 3 is 3.00 bits per heavy atom. The second-order valence-electron chi connectivity index (χ2n) is 6.57. The van der Waals surface area contributed by atoms with Crippen LogP contribution in [0.3, 0.4) is 0 Å². The number of H-pyrrole nitrogens is 1. The fourth-order valence-electron chi connectivity index (χ4n) is 3.46. The van der Waals surface area contributed by atoms with Crippen molar-refractivity contribution in [3.63, 3.8) is 0 Å². The number of nitrogens with one attached hydrogen (secondary N) is 2. The summed E-state index contributed by atoms with van der Waals surface area (Å²) in [4.78, 5) is 26.5. The van der Waals surface area contributed by atoms with Gasteiger partial charge in [0.05, 0.1) is 5.39 Å². The zero-order valence-electron chi connectivity index (χ0n) is 14.2. The molecule has 25 heavy (non-hydrogen) atoms. The molecule has 1 aliphatic heterocycles. The number of aromatic amines is 1. The number of carbonyl (C=O) groups excluding carboxylic acids is 1. The van der Waals surface area contributed by atoms with E-state index >= 15 is 0 Å². The van der Waals surface area contributed by atoms with Gasteiger partial charge < -0.3 is 15.2 Å². The monoisotopic (exact) mass is 335 g/mol. The smallest absolute Gasteiger partial charge is 0.251 e. The number of anilines is 1. The standard InChI is InChI=1S/C19H21N5O/c1-13-9-20-17-16(13)18(23-12-22-17)24-8-7-14(11-24)10-21-19(25)15-5-3-2-4-6-15/h2-6,9,12,14H,7-8,10-11H2,1H3,(H,21,25)(H,20,22,23). The lowest BCUT2D eigenvalue weighted by atomic mass is 10.1. The van der Waals surface area contributed by atoms with Crippen molar-refractivity contribution in [1.29, 1.82) is 0 Å². The first-order chi connectivity index (χ1) is 12.2. The summed E-state index contributed by atoms with van der Waals surface area (Å²) in [7, 11) is 0. The van der Waals surface area contributed by atoms with Gasteiger partial charge in [-0.3, -0.25) is 4.79 Å². The molecule has 2 N–H and O–H groups in total. The Morgan fingerprint density at radius 2 is 2.16 bits per heavy atom. The van der Waals surface area contributed by atoms with Crippen LogP contribution in [-0.2, 0) is 0 Å². The normalized spacial score (nSPS) is 17.2. The molecular weight excluding hydrogens is 314 g/mol. The zero-order chi connectivity index (χ0) is 17.2. The summed E-state index contributed by atoms with van der Waals surface area (Å²) in [6, 6.07) is 9.35. The van der Waals surface area contributed by atoms with E-state index in [0.29, 0.717) is 18.0 Å². The third-order valence-electron chi connectivity index (χ3n) is 4.82. The van der Waals surface area contributed by atoms with Crippen molar-refractivity contribution in [1.82, 2.24) is 20.3 Å². The SMILES string of the molecule is Cc1c[nH]c2ncnc(N3CCC(CNC(=O)c4ccccc4)C3)c12. The van der Waals surface area contributed by atoms with Crippen LogP contribution < -0.4 is 10.2 Å². The molecule has 4 rings (SSSR count). The maximum atomic E-state index is 12.2. The van der Waals surface area contributed by atoms with Crippen molar-refractivity contribution in [2.75, 3.05) is 24.5 Å². The van der Waals surface area contributed by atoms with Crippen molar-refractivity contribution in [2.24, 2.45) is 5.92 Å². The Morgan fingerprint density at radius 1 is 1.32 bits per heavy atom. The number of rotatable bonds is 4. The lowest BCUT2D eigenvalue weighted by molar-refractivity contribution is 0.0948. The van der Waals surface area contributed by atoms with E-state index in [2.05, 4.69) is 32.1 Å². The quantitative estimate of drug-likeness (QED) is 0.768. The van der Waals surface area contributed by atoms with E-state index in [9.17, 15) is 4.79 Å². The molecule has 0 spiro atoms. The topological polar surface area (TPSA) is 73.9 Å². The summed E-state index contributed by atoms with van der Waals surface area (Å²) in [6.07, 6.45) is 4.62. The Bertz CT molecular complexity index is 889. The molecule has 2 aromatic heterocycles. The van der Waals surface area contributed by atoms with Gasteiger partial charge in [-0.1, -0.05) is 18.2 Å². The first-order valence-corrected chi connectivity index (χ1v) is 8.59. The molecule has 1 unspecified atom stereocenters. The minimum Gasteiger partial charge on any atom is -0.356 e. The molecule has 1 aromatic carbocycles. The average Bonchev–Trinajstić information content (AvgIpc) is 3.28. The van der Waals surface area contributed by atoms with Crippen LogP contribution in [-0.4, -0.2) is 40.5 Å². The van der Waals surface area contributed by atoms with Gasteiger partial charge in [0.25, 0.3) is 5.91 Å². The number of amides is 1. The van der Waals surface area contributed by atoms with E-state index < -0.39 is 0 Å². The fraction of sp³-hybridized carbons (Fsp3) is 0.316. The molecule has 0 saturated carbocycles. The molecule has 0 radical (unpaired) electrons. The number of hydrogen-bond donors (Lipinski definition) is 2. The van der Waals surface area contributed by atoms with Crippen LogP contribution in [0.1, 0.15) is 22.3 Å². The van der Waals surface area contributed by atoms with Gasteiger partial charge in [-0.05, 0) is 37.0 Å². The molecule has 128 valence electrons. The number of hydrogen-bond acceptors (Lipinski definition) is 4. The van der Waals surface area contributed by atoms with E-state index in [1.165, 1.54) is 0 Å². The largest absolute Gasteiger partial charge is 0.356 e. The second-order valence-corrected chi connectivity index (χ2v) is 6.57. The minimum absolute atomic E-state index is 0.00930. The third kappa shape index (κ3) is 3.07. The van der Waals surface area contributed by atoms with Gasteiger partial charge in [-0.2, -0.15) is 0 Å². The van der Waals surface area contributed by atoms with Gasteiger partial charge in [0.15, 0.2) is 0 Å². The molecule has 1 amide bonds. The molecule has 0 aliphatic carbocycles. The third-order valence-corrected chi connectivity index (χ3v) is 4.82. The van der Waals surface area contributed by atoms with Crippen LogP contribution in [0.15, 0.2) is 42.9 Å². The van der Waals surface area contributed by atoms with Crippen molar-refractivity contribution < 1.29 is 4.79 Å². The molecule has 6 heteroatoms. The summed E-state index contributed by atoms with van der Waals surface area (Å²) in [5.74, 6) is 1.41. The zero-order valence-corrected chi connectivity index (χ0v) is 14.2. The number of carbonyl (C=O) groups is 1.